The predicted octanol–water partition coefficient (Wildman–Crippen LogP) is 6.66. The van der Waals surface area contributed by atoms with Crippen LogP contribution in [-0.4, -0.2) is 10.1 Å². The molecule has 4 aromatic carbocycles. The average Bonchev–Trinajstić information content (AvgIpc) is 2.84. The van der Waals surface area contributed by atoms with Crippen molar-refractivity contribution in [2.24, 2.45) is 0 Å². The van der Waals surface area contributed by atoms with Crippen LogP contribution in [0.2, 0.25) is 0 Å². The number of aliphatic hydroxyl groups is 1. The number of pyridine rings is 1. The van der Waals surface area contributed by atoms with Gasteiger partial charge in [0.05, 0.1) is 11.2 Å². The van der Waals surface area contributed by atoms with Crippen molar-refractivity contribution < 1.29 is 5.11 Å². The molecule has 2 nitrogen and oxygen atoms in total. The van der Waals surface area contributed by atoms with Crippen molar-refractivity contribution in [2.45, 2.75) is 38.7 Å². The summed E-state index contributed by atoms with van der Waals surface area (Å²) in [6, 6.07) is 30.1. The summed E-state index contributed by atoms with van der Waals surface area (Å²) >= 11 is 0. The zero-order valence-electron chi connectivity index (χ0n) is 18.9. The molecule has 0 saturated heterocycles. The molecule has 0 saturated carbocycles. The van der Waals surface area contributed by atoms with Gasteiger partial charge in [-0.25, -0.2) is 4.98 Å². The maximum Gasteiger partial charge on any atom is 0.122 e. The van der Waals surface area contributed by atoms with Gasteiger partial charge in [-0.3, -0.25) is 0 Å². The number of aromatic nitrogens is 1. The van der Waals surface area contributed by atoms with Gasteiger partial charge in [-0.2, -0.15) is 0 Å². The molecule has 0 spiro atoms. The fourth-order valence-corrected chi connectivity index (χ4v) is 5.33. The molecule has 1 heterocycles. The Morgan fingerprint density at radius 2 is 1.39 bits per heavy atom. The number of aliphatic hydroxyl groups excluding tert-OH is 1. The molecule has 162 valence electrons. The van der Waals surface area contributed by atoms with Crippen LogP contribution in [0, 0.1) is 6.92 Å². The maximum atomic E-state index is 11.5. The van der Waals surface area contributed by atoms with Crippen LogP contribution in [0.15, 0.2) is 84.9 Å². The third-order valence-corrected chi connectivity index (χ3v) is 7.13. The molecule has 9 rings (SSSR count). The summed E-state index contributed by atoms with van der Waals surface area (Å²) in [4.78, 5) is 5.12. The topological polar surface area (TPSA) is 33.1 Å². The molecular formula is C31H27NO. The maximum absolute atomic E-state index is 11.5. The Morgan fingerprint density at radius 1 is 0.727 bits per heavy atom. The molecule has 1 aromatic heterocycles. The normalized spacial score (nSPS) is 14.4. The minimum absolute atomic E-state index is 0.727. The van der Waals surface area contributed by atoms with E-state index in [0.717, 1.165) is 53.2 Å². The molecule has 0 aliphatic heterocycles. The molecule has 1 N–H and O–H groups in total. The van der Waals surface area contributed by atoms with Gasteiger partial charge >= 0.3 is 0 Å². The van der Waals surface area contributed by atoms with Gasteiger partial charge in [0.2, 0.25) is 0 Å². The lowest BCUT2D eigenvalue weighted by Crippen LogP contribution is -2.07. The second-order valence-electron chi connectivity index (χ2n) is 9.26. The van der Waals surface area contributed by atoms with Crippen LogP contribution >= 0.6 is 0 Å². The van der Waals surface area contributed by atoms with E-state index in [9.17, 15) is 5.11 Å². The van der Waals surface area contributed by atoms with Crippen molar-refractivity contribution >= 4 is 21.7 Å². The average molecular weight is 430 g/mol. The lowest BCUT2D eigenvalue weighted by molar-refractivity contribution is 0.217. The number of hydrogen-bond acceptors (Lipinski definition) is 2. The van der Waals surface area contributed by atoms with E-state index in [1.807, 2.05) is 24.3 Å². The van der Waals surface area contributed by atoms with Crippen LogP contribution in [-0.2, 0) is 25.7 Å². The number of hydrogen-bond donors (Lipinski definition) is 1. The molecule has 4 bridgehead atoms. The Labute approximate surface area is 194 Å². The first-order valence-electron chi connectivity index (χ1n) is 11.8. The lowest BCUT2D eigenvalue weighted by atomic mass is 9.90. The Balaban J connectivity index is 1.51. The second-order valence-corrected chi connectivity index (χ2v) is 9.26. The number of nitrogens with zero attached hydrogens (tertiary/aromatic N) is 1. The van der Waals surface area contributed by atoms with E-state index in [1.54, 1.807) is 0 Å². The van der Waals surface area contributed by atoms with Crippen LogP contribution in [0.3, 0.4) is 0 Å². The van der Waals surface area contributed by atoms with Gasteiger partial charge in [-0.1, -0.05) is 78.9 Å². The molecular weight excluding hydrogens is 402 g/mol. The van der Waals surface area contributed by atoms with Gasteiger partial charge in [0.15, 0.2) is 0 Å². The minimum atomic E-state index is -0.763. The first-order chi connectivity index (χ1) is 16.2. The van der Waals surface area contributed by atoms with Crippen molar-refractivity contribution in [3.05, 3.63) is 124 Å². The lowest BCUT2D eigenvalue weighted by Gasteiger charge is -2.19. The molecule has 4 aliphatic carbocycles. The second kappa shape index (κ2) is 8.13. The van der Waals surface area contributed by atoms with Crippen LogP contribution < -0.4 is 0 Å². The predicted molar refractivity (Wildman–Crippen MR) is 136 cm³/mol. The third kappa shape index (κ3) is 3.61. The number of benzene rings is 4. The zero-order valence-corrected chi connectivity index (χ0v) is 18.9. The van der Waals surface area contributed by atoms with Crippen molar-refractivity contribution in [3.63, 3.8) is 0 Å². The van der Waals surface area contributed by atoms with E-state index in [4.69, 9.17) is 4.98 Å². The summed E-state index contributed by atoms with van der Waals surface area (Å²) in [5, 5.41) is 14.9. The SMILES string of the molecule is Cc1cc([C@H](O)c2cccc3ccccc23)nc2c3ccc(c12)CCc1ccc(cc1)CC3. The van der Waals surface area contributed by atoms with Crippen molar-refractivity contribution in [1.82, 2.24) is 4.98 Å². The molecule has 4 aliphatic rings. The standard InChI is InChI=1S/C31H27NO/c1-20-19-28(31(33)27-8-4-6-23-5-2-3-7-26(23)27)32-30-25-16-14-22-11-9-21(10-12-22)13-15-24(17-18-25)29(20)30/h2-12,17-19,31,33H,13-16H2,1H3/t31-/m1/s1. The van der Waals surface area contributed by atoms with E-state index in [0.29, 0.717) is 0 Å². The number of rotatable bonds is 2. The van der Waals surface area contributed by atoms with E-state index in [2.05, 4.69) is 67.6 Å². The molecule has 1 atom stereocenters. The van der Waals surface area contributed by atoms with E-state index >= 15 is 0 Å². The quantitative estimate of drug-likeness (QED) is 0.340. The summed E-state index contributed by atoms with van der Waals surface area (Å²) in [5.74, 6) is 0. The Kier molecular flexibility index (Phi) is 4.96. The Morgan fingerprint density at radius 3 is 2.18 bits per heavy atom. The Hall–Kier alpha value is -3.49. The highest BCUT2D eigenvalue weighted by Crippen LogP contribution is 2.33. The van der Waals surface area contributed by atoms with E-state index in [-0.39, 0.29) is 0 Å². The monoisotopic (exact) mass is 429 g/mol. The zero-order chi connectivity index (χ0) is 22.4. The molecule has 0 unspecified atom stereocenters. The van der Waals surface area contributed by atoms with Gasteiger partial charge in [0, 0.05) is 5.39 Å². The van der Waals surface area contributed by atoms with Crippen molar-refractivity contribution in [3.8, 4) is 0 Å². The molecule has 0 amide bonds. The van der Waals surface area contributed by atoms with Crippen molar-refractivity contribution in [2.75, 3.05) is 0 Å². The Bertz CT molecular complexity index is 1480. The largest absolute Gasteiger partial charge is 0.382 e. The number of fused-ring (bicyclic) bond motifs is 1. The van der Waals surface area contributed by atoms with Crippen LogP contribution in [0.1, 0.15) is 45.2 Å². The fourth-order valence-electron chi connectivity index (χ4n) is 5.33. The summed E-state index contributed by atoms with van der Waals surface area (Å²) < 4.78 is 0. The van der Waals surface area contributed by atoms with Crippen LogP contribution in [0.5, 0.6) is 0 Å². The number of aryl methyl sites for hydroxylation is 5. The van der Waals surface area contributed by atoms with Crippen LogP contribution in [0.25, 0.3) is 21.7 Å². The third-order valence-electron chi connectivity index (χ3n) is 7.13. The van der Waals surface area contributed by atoms with Crippen LogP contribution in [0.4, 0.5) is 0 Å². The van der Waals surface area contributed by atoms with Gasteiger partial charge in [0.25, 0.3) is 0 Å². The molecule has 0 radical (unpaired) electrons. The first-order valence-corrected chi connectivity index (χ1v) is 11.8. The minimum Gasteiger partial charge on any atom is -0.382 e. The molecule has 0 fully saturated rings. The van der Waals surface area contributed by atoms with Gasteiger partial charge < -0.3 is 5.11 Å². The van der Waals surface area contributed by atoms with Gasteiger partial charge in [-0.05, 0) is 82.8 Å². The summed E-state index contributed by atoms with van der Waals surface area (Å²) in [7, 11) is 0. The van der Waals surface area contributed by atoms with Gasteiger partial charge in [0.1, 0.15) is 6.10 Å². The molecule has 5 aromatic rings. The highest BCUT2D eigenvalue weighted by Gasteiger charge is 2.19. The summed E-state index contributed by atoms with van der Waals surface area (Å²) in [5.41, 5.74) is 9.22. The fraction of sp³-hybridized carbons (Fsp3) is 0.194. The molecule has 33 heavy (non-hydrogen) atoms. The van der Waals surface area contributed by atoms with Crippen molar-refractivity contribution in [1.29, 1.82) is 0 Å². The molecule has 2 heteroatoms. The highest BCUT2D eigenvalue weighted by molar-refractivity contribution is 5.89. The highest BCUT2D eigenvalue weighted by atomic mass is 16.3. The van der Waals surface area contributed by atoms with Gasteiger partial charge in [-0.15, -0.1) is 0 Å². The first kappa shape index (κ1) is 20.1. The smallest absolute Gasteiger partial charge is 0.122 e. The summed E-state index contributed by atoms with van der Waals surface area (Å²) in [6.07, 6.45) is 3.18. The van der Waals surface area contributed by atoms with E-state index in [1.165, 1.54) is 33.2 Å². The van der Waals surface area contributed by atoms with E-state index < -0.39 is 6.10 Å². The summed E-state index contributed by atoms with van der Waals surface area (Å²) in [6.45, 7) is 2.16.